The summed E-state index contributed by atoms with van der Waals surface area (Å²) in [6, 6.07) is 8.27. The molecule has 0 saturated heterocycles. The monoisotopic (exact) mass is 216 g/mol. The van der Waals surface area contributed by atoms with Gasteiger partial charge in [0.2, 0.25) is 5.89 Å². The molecular formula is C13H16N2O. The molecular weight excluding hydrogens is 200 g/mol. The Morgan fingerprint density at radius 2 is 1.94 bits per heavy atom. The maximum absolute atomic E-state index is 5.48. The predicted octanol–water partition coefficient (Wildman–Crippen LogP) is 2.92. The Labute approximate surface area is 95.3 Å². The van der Waals surface area contributed by atoms with Crippen LogP contribution in [0.3, 0.4) is 0 Å². The van der Waals surface area contributed by atoms with Gasteiger partial charge in [-0.25, -0.2) is 4.98 Å². The van der Waals surface area contributed by atoms with Crippen LogP contribution in [0.4, 0.5) is 0 Å². The highest BCUT2D eigenvalue weighted by molar-refractivity contribution is 5.53. The average Bonchev–Trinajstić information content (AvgIpc) is 2.77. The third-order valence-electron chi connectivity index (χ3n) is 2.59. The largest absolute Gasteiger partial charge is 0.444 e. The van der Waals surface area contributed by atoms with Gasteiger partial charge in [0.25, 0.3) is 0 Å². The number of aromatic nitrogens is 1. The fraction of sp³-hybridized carbons (Fsp3) is 0.308. The average molecular weight is 216 g/mol. The Morgan fingerprint density at radius 1 is 1.25 bits per heavy atom. The first-order chi connectivity index (χ1) is 7.70. The van der Waals surface area contributed by atoms with Crippen LogP contribution >= 0.6 is 0 Å². The molecule has 0 aliphatic carbocycles. The maximum Gasteiger partial charge on any atom is 0.226 e. The first-order valence-corrected chi connectivity index (χ1v) is 5.45. The maximum atomic E-state index is 5.48. The van der Waals surface area contributed by atoms with Gasteiger partial charge in [-0.3, -0.25) is 0 Å². The highest BCUT2D eigenvalue weighted by Crippen LogP contribution is 2.21. The van der Waals surface area contributed by atoms with E-state index in [0.717, 1.165) is 11.3 Å². The van der Waals surface area contributed by atoms with E-state index in [2.05, 4.69) is 31.0 Å². The molecule has 84 valence electrons. The summed E-state index contributed by atoms with van der Waals surface area (Å²) in [5, 5.41) is 0. The standard InChI is InChI=1S/C13H16N2O/c1-9(2)10-3-5-11(6-4-10)13-15-12(7-14)8-16-13/h3-6,8-9H,7,14H2,1-2H3. The molecule has 2 rings (SSSR count). The number of hydrogen-bond acceptors (Lipinski definition) is 3. The van der Waals surface area contributed by atoms with Gasteiger partial charge in [-0.1, -0.05) is 26.0 Å². The SMILES string of the molecule is CC(C)c1ccc(-c2nc(CN)co2)cc1. The summed E-state index contributed by atoms with van der Waals surface area (Å²) < 4.78 is 5.35. The number of oxazole rings is 1. The highest BCUT2D eigenvalue weighted by atomic mass is 16.3. The van der Waals surface area contributed by atoms with E-state index in [4.69, 9.17) is 10.2 Å². The zero-order valence-corrected chi connectivity index (χ0v) is 9.60. The normalized spacial score (nSPS) is 11.0. The van der Waals surface area contributed by atoms with E-state index in [9.17, 15) is 0 Å². The van der Waals surface area contributed by atoms with Gasteiger partial charge >= 0.3 is 0 Å². The second-order valence-corrected chi connectivity index (χ2v) is 4.12. The van der Waals surface area contributed by atoms with Crippen LogP contribution in [-0.2, 0) is 6.54 Å². The zero-order chi connectivity index (χ0) is 11.5. The fourth-order valence-corrected chi connectivity index (χ4v) is 1.54. The van der Waals surface area contributed by atoms with Crippen LogP contribution in [0.5, 0.6) is 0 Å². The Hall–Kier alpha value is -1.61. The van der Waals surface area contributed by atoms with Crippen molar-refractivity contribution in [2.45, 2.75) is 26.3 Å². The predicted molar refractivity (Wildman–Crippen MR) is 63.9 cm³/mol. The van der Waals surface area contributed by atoms with E-state index in [-0.39, 0.29) is 0 Å². The topological polar surface area (TPSA) is 52.0 Å². The fourth-order valence-electron chi connectivity index (χ4n) is 1.54. The summed E-state index contributed by atoms with van der Waals surface area (Å²) in [6.45, 7) is 4.76. The minimum atomic E-state index is 0.410. The van der Waals surface area contributed by atoms with Crippen LogP contribution in [-0.4, -0.2) is 4.98 Å². The van der Waals surface area contributed by atoms with Gasteiger partial charge in [-0.2, -0.15) is 0 Å². The van der Waals surface area contributed by atoms with Crippen molar-refractivity contribution in [3.63, 3.8) is 0 Å². The number of nitrogens with two attached hydrogens (primary N) is 1. The minimum absolute atomic E-state index is 0.410. The molecule has 0 bridgehead atoms. The molecule has 2 N–H and O–H groups in total. The molecule has 0 saturated carbocycles. The van der Waals surface area contributed by atoms with Crippen molar-refractivity contribution in [2.75, 3.05) is 0 Å². The van der Waals surface area contributed by atoms with E-state index < -0.39 is 0 Å². The third-order valence-corrected chi connectivity index (χ3v) is 2.59. The molecule has 2 aromatic rings. The summed E-state index contributed by atoms with van der Waals surface area (Å²) in [6.07, 6.45) is 1.60. The van der Waals surface area contributed by atoms with Crippen LogP contribution in [0.1, 0.15) is 31.0 Å². The van der Waals surface area contributed by atoms with E-state index in [1.807, 2.05) is 12.1 Å². The third kappa shape index (κ3) is 2.14. The van der Waals surface area contributed by atoms with Gasteiger partial charge in [0.05, 0.1) is 5.69 Å². The van der Waals surface area contributed by atoms with Gasteiger partial charge < -0.3 is 10.2 Å². The van der Waals surface area contributed by atoms with Crippen molar-refractivity contribution in [3.05, 3.63) is 41.8 Å². The molecule has 0 aliphatic heterocycles. The quantitative estimate of drug-likeness (QED) is 0.858. The van der Waals surface area contributed by atoms with Crippen LogP contribution in [0.25, 0.3) is 11.5 Å². The molecule has 3 nitrogen and oxygen atoms in total. The lowest BCUT2D eigenvalue weighted by Crippen LogP contribution is -1.95. The van der Waals surface area contributed by atoms with E-state index >= 15 is 0 Å². The summed E-state index contributed by atoms with van der Waals surface area (Å²) in [4.78, 5) is 4.28. The smallest absolute Gasteiger partial charge is 0.226 e. The highest BCUT2D eigenvalue weighted by Gasteiger charge is 2.06. The van der Waals surface area contributed by atoms with E-state index in [0.29, 0.717) is 18.4 Å². The first-order valence-electron chi connectivity index (χ1n) is 5.45. The number of benzene rings is 1. The molecule has 1 heterocycles. The molecule has 0 fully saturated rings. The van der Waals surface area contributed by atoms with Crippen LogP contribution in [0.2, 0.25) is 0 Å². The van der Waals surface area contributed by atoms with Gasteiger partial charge in [-0.15, -0.1) is 0 Å². The van der Waals surface area contributed by atoms with Crippen molar-refractivity contribution < 1.29 is 4.42 Å². The Bertz CT molecular complexity index is 457. The van der Waals surface area contributed by atoms with Crippen molar-refractivity contribution in [1.82, 2.24) is 4.98 Å². The van der Waals surface area contributed by atoms with Crippen molar-refractivity contribution in [1.29, 1.82) is 0 Å². The molecule has 1 aromatic heterocycles. The van der Waals surface area contributed by atoms with Gasteiger partial charge in [0, 0.05) is 12.1 Å². The molecule has 1 aromatic carbocycles. The van der Waals surface area contributed by atoms with Crippen LogP contribution in [0, 0.1) is 0 Å². The number of nitrogens with zero attached hydrogens (tertiary/aromatic N) is 1. The second kappa shape index (κ2) is 4.49. The Morgan fingerprint density at radius 3 is 2.44 bits per heavy atom. The minimum Gasteiger partial charge on any atom is -0.444 e. The Balaban J connectivity index is 2.27. The molecule has 0 radical (unpaired) electrons. The van der Waals surface area contributed by atoms with Gasteiger partial charge in [-0.05, 0) is 23.6 Å². The van der Waals surface area contributed by atoms with Crippen molar-refractivity contribution >= 4 is 0 Å². The van der Waals surface area contributed by atoms with Gasteiger partial charge in [0.15, 0.2) is 0 Å². The summed E-state index contributed by atoms with van der Waals surface area (Å²) >= 11 is 0. The molecule has 0 atom stereocenters. The summed E-state index contributed by atoms with van der Waals surface area (Å²) in [7, 11) is 0. The number of rotatable bonds is 3. The van der Waals surface area contributed by atoms with Crippen LogP contribution in [0.15, 0.2) is 34.9 Å². The lowest BCUT2D eigenvalue weighted by atomic mass is 10.0. The van der Waals surface area contributed by atoms with Gasteiger partial charge in [0.1, 0.15) is 6.26 Å². The van der Waals surface area contributed by atoms with Crippen molar-refractivity contribution in [3.8, 4) is 11.5 Å². The molecule has 0 aliphatic rings. The first kappa shape index (κ1) is 10.9. The number of hydrogen-bond donors (Lipinski definition) is 1. The molecule has 0 spiro atoms. The molecule has 16 heavy (non-hydrogen) atoms. The molecule has 0 unspecified atom stereocenters. The lowest BCUT2D eigenvalue weighted by molar-refractivity contribution is 0.572. The van der Waals surface area contributed by atoms with E-state index in [1.54, 1.807) is 6.26 Å². The zero-order valence-electron chi connectivity index (χ0n) is 9.60. The summed E-state index contributed by atoms with van der Waals surface area (Å²) in [5.41, 5.74) is 8.57. The Kier molecular flexibility index (Phi) is 3.06. The molecule has 3 heteroatoms. The summed E-state index contributed by atoms with van der Waals surface area (Å²) in [5.74, 6) is 1.17. The van der Waals surface area contributed by atoms with Crippen LogP contribution < -0.4 is 5.73 Å². The second-order valence-electron chi connectivity index (χ2n) is 4.12. The van der Waals surface area contributed by atoms with Crippen molar-refractivity contribution in [2.24, 2.45) is 5.73 Å². The van der Waals surface area contributed by atoms with E-state index in [1.165, 1.54) is 5.56 Å². The lowest BCUT2D eigenvalue weighted by Gasteiger charge is -2.04. The molecule has 0 amide bonds.